The zero-order valence-corrected chi connectivity index (χ0v) is 40.8. The first-order chi connectivity index (χ1) is 25.5. The smallest absolute Gasteiger partial charge is 0.171 e. The van der Waals surface area contributed by atoms with Crippen molar-refractivity contribution in [2.24, 2.45) is 35.5 Å². The van der Waals surface area contributed by atoms with Crippen molar-refractivity contribution in [3.05, 3.63) is 0 Å². The lowest BCUT2D eigenvalue weighted by molar-refractivity contribution is -0.165. The molecule has 0 aromatic heterocycles. The van der Waals surface area contributed by atoms with Crippen molar-refractivity contribution in [2.75, 3.05) is 0 Å². The molecular formula is C45H103F9. The molecule has 346 valence electrons. The van der Waals surface area contributed by atoms with Crippen molar-refractivity contribution >= 4 is 0 Å². The van der Waals surface area contributed by atoms with Gasteiger partial charge in [-0.15, -0.1) is 0 Å². The van der Waals surface area contributed by atoms with Crippen LogP contribution in [-0.2, 0) is 0 Å². The lowest BCUT2D eigenvalue weighted by atomic mass is 10.1. The van der Waals surface area contributed by atoms with Gasteiger partial charge in [0.15, 0.2) is 0 Å². The van der Waals surface area contributed by atoms with Crippen molar-refractivity contribution in [1.82, 2.24) is 0 Å². The molecule has 0 aliphatic heterocycles. The van der Waals surface area contributed by atoms with Gasteiger partial charge >= 0.3 is 18.5 Å². The first-order valence-electron chi connectivity index (χ1n) is 22.7. The molecule has 0 aromatic rings. The van der Waals surface area contributed by atoms with Gasteiger partial charge < -0.3 is 0 Å². The maximum absolute atomic E-state index is 11.5. The number of hydrogen-bond donors (Lipinski definition) is 0. The molecule has 0 aliphatic carbocycles. The molecule has 54 heavy (non-hydrogen) atoms. The monoisotopic (exact) mass is 819 g/mol. The Hall–Kier alpha value is -0.630. The van der Waals surface area contributed by atoms with Gasteiger partial charge in [0.05, 0.1) is 0 Å². The van der Waals surface area contributed by atoms with E-state index in [0.29, 0.717) is 12.8 Å². The van der Waals surface area contributed by atoms with Crippen LogP contribution in [-0.4, -0.2) is 18.5 Å². The minimum absolute atomic E-state index is 0.231. The summed E-state index contributed by atoms with van der Waals surface area (Å²) in [6.07, 6.45) is -3.51. The molecule has 0 radical (unpaired) electrons. The Bertz CT molecular complexity index is 648. The summed E-state index contributed by atoms with van der Waals surface area (Å²) in [7, 11) is 0. The van der Waals surface area contributed by atoms with Crippen LogP contribution in [0.5, 0.6) is 0 Å². The van der Waals surface area contributed by atoms with Crippen LogP contribution < -0.4 is 0 Å². The first-order valence-corrected chi connectivity index (χ1v) is 20.7. The highest BCUT2D eigenvalue weighted by Gasteiger charge is 2.32. The summed E-state index contributed by atoms with van der Waals surface area (Å²) in [5.41, 5.74) is 0. The fraction of sp³-hybridized carbons (Fsp3) is 1.00. The van der Waals surface area contributed by atoms with Crippen LogP contribution in [0.4, 0.5) is 39.5 Å². The van der Waals surface area contributed by atoms with Crippen LogP contribution in [0.1, 0.15) is 249 Å². The van der Waals surface area contributed by atoms with Gasteiger partial charge in [-0.3, -0.25) is 0 Å². The number of unbranched alkanes of at least 4 members (excludes halogenated alkanes) is 3. The molecule has 0 nitrogen and oxygen atoms in total. The zero-order chi connectivity index (χ0) is 50.4. The highest BCUT2D eigenvalue weighted by Crippen LogP contribution is 2.26. The summed E-state index contributed by atoms with van der Waals surface area (Å²) >= 11 is 0. The van der Waals surface area contributed by atoms with E-state index >= 15 is 0 Å². The van der Waals surface area contributed by atoms with Crippen molar-refractivity contribution < 1.29 is 45.0 Å². The first kappa shape index (κ1) is 68.1. The predicted molar refractivity (Wildman–Crippen MR) is 232 cm³/mol. The van der Waals surface area contributed by atoms with E-state index in [1.807, 2.05) is 41.5 Å². The number of halogens is 9. The number of alkyl halides is 9. The lowest BCUT2D eigenvalue weighted by Crippen LogP contribution is -2.15. The van der Waals surface area contributed by atoms with Gasteiger partial charge in [-0.1, -0.05) is 237 Å². The molecule has 0 heterocycles. The molecule has 0 N–H and O–H groups in total. The van der Waals surface area contributed by atoms with Gasteiger partial charge in [0, 0.05) is 23.7 Å². The van der Waals surface area contributed by atoms with Gasteiger partial charge in [0.2, 0.25) is 0 Å². The maximum Gasteiger partial charge on any atom is 0.391 e. The van der Waals surface area contributed by atoms with Crippen LogP contribution in [0.3, 0.4) is 0 Å². The van der Waals surface area contributed by atoms with Crippen molar-refractivity contribution in [1.29, 1.82) is 0 Å². The molecule has 0 saturated carbocycles. The minimum Gasteiger partial charge on any atom is -0.171 e. The molecule has 0 bridgehead atoms. The Morgan fingerprint density at radius 2 is 0.685 bits per heavy atom. The van der Waals surface area contributed by atoms with Gasteiger partial charge in [-0.05, 0) is 23.6 Å². The molecule has 0 rings (SSSR count). The van der Waals surface area contributed by atoms with Crippen LogP contribution in [0.25, 0.3) is 0 Å². The summed E-state index contributed by atoms with van der Waals surface area (Å²) in [6, 6.07) is 0. The Morgan fingerprint density at radius 1 is 0.481 bits per heavy atom. The Balaban J connectivity index is -0.0000000475. The molecular weight excluding hydrogens is 711 g/mol. The SMILES string of the molecule is CC.CC(C)C.CC(C)C(F)(F)F.CCC.CCC(C)C.CCCC.CCCCC.CC[C@H](C)CC(F)(F)F.[2H]C(C)(C)C.[2H]C(C)(C)C(F)(F)F.[2H]C([2H])(C)CC. The number of hydrogen-bond acceptors (Lipinski definition) is 0. The van der Waals surface area contributed by atoms with E-state index in [9.17, 15) is 39.5 Å². The third-order valence-electron chi connectivity index (χ3n) is 4.88. The summed E-state index contributed by atoms with van der Waals surface area (Å²) in [6.45, 7) is 46.4. The molecule has 0 amide bonds. The van der Waals surface area contributed by atoms with Gasteiger partial charge in [0.25, 0.3) is 0 Å². The van der Waals surface area contributed by atoms with E-state index in [1.165, 1.54) is 44.9 Å². The van der Waals surface area contributed by atoms with Gasteiger partial charge in [0.1, 0.15) is 0 Å². The molecule has 0 aromatic carbocycles. The highest BCUT2D eigenvalue weighted by molar-refractivity contribution is 4.56. The quantitative estimate of drug-likeness (QED) is 0.225. The van der Waals surface area contributed by atoms with Crippen LogP contribution in [0.15, 0.2) is 0 Å². The summed E-state index contributed by atoms with van der Waals surface area (Å²) in [4.78, 5) is 0. The fourth-order valence-corrected chi connectivity index (χ4v) is 0.893. The maximum atomic E-state index is 11.5. The van der Waals surface area contributed by atoms with E-state index in [0.717, 1.165) is 39.5 Å². The second kappa shape index (κ2) is 64.3. The summed E-state index contributed by atoms with van der Waals surface area (Å²) in [5, 5.41) is 0. The Morgan fingerprint density at radius 3 is 0.704 bits per heavy atom. The van der Waals surface area contributed by atoms with Gasteiger partial charge in [-0.2, -0.15) is 39.5 Å². The Labute approximate surface area is 342 Å². The van der Waals surface area contributed by atoms with Crippen LogP contribution in [0, 0.1) is 35.5 Å². The molecule has 9 heteroatoms. The average molecular weight is 819 g/mol. The van der Waals surface area contributed by atoms with E-state index in [2.05, 4.69) is 83.1 Å². The second-order valence-corrected chi connectivity index (χ2v) is 14.3. The average Bonchev–Trinajstić information content (AvgIpc) is 3.01. The number of rotatable bonds is 7. The van der Waals surface area contributed by atoms with Crippen molar-refractivity contribution in [3.8, 4) is 0 Å². The van der Waals surface area contributed by atoms with Crippen LogP contribution >= 0.6 is 0 Å². The molecule has 0 saturated heterocycles. The topological polar surface area (TPSA) is 0 Å². The summed E-state index contributed by atoms with van der Waals surface area (Å²) in [5.74, 6) is -2.28. The van der Waals surface area contributed by atoms with E-state index in [1.54, 1.807) is 20.8 Å². The molecule has 1 atom stereocenters. The predicted octanol–water partition coefficient (Wildman–Crippen LogP) is 21.0. The second-order valence-electron chi connectivity index (χ2n) is 14.3. The highest BCUT2D eigenvalue weighted by atomic mass is 19.4. The lowest BCUT2D eigenvalue weighted by Gasteiger charge is -2.10. The van der Waals surface area contributed by atoms with E-state index in [-0.39, 0.29) is 11.8 Å². The molecule has 0 unspecified atom stereocenters. The summed E-state index contributed by atoms with van der Waals surface area (Å²) < 4.78 is 129. The third-order valence-corrected chi connectivity index (χ3v) is 4.88. The molecule has 0 spiro atoms. The van der Waals surface area contributed by atoms with Crippen molar-refractivity contribution in [2.45, 2.75) is 262 Å². The minimum atomic E-state index is -4.40. The molecule has 0 fully saturated rings. The third kappa shape index (κ3) is 219. The van der Waals surface area contributed by atoms with Crippen LogP contribution in [0.2, 0.25) is 0 Å². The standard InChI is InChI=1S/C6H11F3.2C5H12.2C4H7F3.4C4H10.C3H8.C2H6/c1-3-5(2)4-6(7,8)9;1-4-5(2)3;1-3-5-4-2;2*1-3(2)4(5,6)7;2*1-4(2)3;2*1-3-4-2;1-3-2;1-2/h5H,3-4H2,1-2H3;5H,4H2,1-3H3;3-5H2,1-2H3;2*3H,1-2H3;2*4H,1-3H3;2*3-4H2,1-2H3;3H2,1-2H3;1-2H3/t5-;;;;;;;;;;/m0........../s1/i;;;3D;;4D;;3D2;;;. The van der Waals surface area contributed by atoms with Crippen molar-refractivity contribution in [3.63, 3.8) is 0 Å². The van der Waals surface area contributed by atoms with E-state index in [4.69, 9.17) is 5.48 Å². The largest absolute Gasteiger partial charge is 0.391 e. The normalized spacial score (nSPS) is 12.2. The zero-order valence-electron chi connectivity index (χ0n) is 44.8. The fourth-order valence-electron chi connectivity index (χ4n) is 0.893. The van der Waals surface area contributed by atoms with Gasteiger partial charge in [-0.25, -0.2) is 0 Å². The molecule has 0 aliphatic rings. The van der Waals surface area contributed by atoms with E-state index < -0.39 is 43.1 Å². The Kier molecular flexibility index (Phi) is 81.0.